The Balaban J connectivity index is 3.14. The van der Waals surface area contributed by atoms with Gasteiger partial charge in [0.2, 0.25) is 0 Å². The summed E-state index contributed by atoms with van der Waals surface area (Å²) in [5.74, 6) is 2.38. The Hall–Kier alpha value is -1.32. The van der Waals surface area contributed by atoms with E-state index in [0.29, 0.717) is 12.0 Å². The Labute approximate surface area is 111 Å². The van der Waals surface area contributed by atoms with E-state index in [2.05, 4.69) is 54.9 Å². The van der Waals surface area contributed by atoms with Gasteiger partial charge in [-0.3, -0.25) is 0 Å². The van der Waals surface area contributed by atoms with Crippen LogP contribution in [0.5, 0.6) is 0 Å². The largest absolute Gasteiger partial charge is 0.373 e. The van der Waals surface area contributed by atoms with Gasteiger partial charge in [-0.05, 0) is 19.3 Å². The van der Waals surface area contributed by atoms with Crippen LogP contribution >= 0.6 is 0 Å². The summed E-state index contributed by atoms with van der Waals surface area (Å²) >= 11 is 0. The molecule has 0 bridgehead atoms. The average molecular weight is 250 g/mol. The quantitative estimate of drug-likeness (QED) is 0.841. The molecule has 102 valence electrons. The molecule has 0 aliphatic carbocycles. The fourth-order valence-electron chi connectivity index (χ4n) is 2.22. The van der Waals surface area contributed by atoms with Gasteiger partial charge in [0.1, 0.15) is 18.0 Å². The van der Waals surface area contributed by atoms with E-state index in [4.69, 9.17) is 0 Å². The lowest BCUT2D eigenvalue weighted by Gasteiger charge is -2.29. The van der Waals surface area contributed by atoms with Crippen molar-refractivity contribution in [1.82, 2.24) is 9.97 Å². The zero-order valence-electron chi connectivity index (χ0n) is 12.5. The highest BCUT2D eigenvalue weighted by molar-refractivity contribution is 5.60. The first-order valence-corrected chi connectivity index (χ1v) is 6.78. The molecule has 1 heterocycles. The van der Waals surface area contributed by atoms with Crippen molar-refractivity contribution in [2.45, 2.75) is 52.5 Å². The highest BCUT2D eigenvalue weighted by atomic mass is 15.2. The number of anilines is 2. The summed E-state index contributed by atoms with van der Waals surface area (Å²) in [5, 5.41) is 3.17. The van der Waals surface area contributed by atoms with Crippen LogP contribution in [-0.4, -0.2) is 30.1 Å². The van der Waals surface area contributed by atoms with Crippen molar-refractivity contribution in [3.63, 3.8) is 0 Å². The van der Waals surface area contributed by atoms with Gasteiger partial charge in [-0.1, -0.05) is 27.2 Å². The summed E-state index contributed by atoms with van der Waals surface area (Å²) in [6.07, 6.45) is 4.00. The standard InChI is InChI=1S/C14H26N4/c1-7-8-11(4)18(6)14-12(10(2)3)13(15-5)16-9-17-14/h9-11H,7-8H2,1-6H3,(H,15,16,17). The molecule has 4 nitrogen and oxygen atoms in total. The summed E-state index contributed by atoms with van der Waals surface area (Å²) in [5.41, 5.74) is 1.20. The molecule has 1 aromatic rings. The number of aromatic nitrogens is 2. The van der Waals surface area contributed by atoms with E-state index in [-0.39, 0.29) is 0 Å². The zero-order valence-corrected chi connectivity index (χ0v) is 12.5. The highest BCUT2D eigenvalue weighted by Crippen LogP contribution is 2.31. The maximum absolute atomic E-state index is 4.49. The second kappa shape index (κ2) is 6.57. The molecule has 1 aromatic heterocycles. The van der Waals surface area contributed by atoms with Crippen LogP contribution in [0.25, 0.3) is 0 Å². The lowest BCUT2D eigenvalue weighted by atomic mass is 10.0. The Kier molecular flexibility index (Phi) is 5.38. The minimum Gasteiger partial charge on any atom is -0.373 e. The van der Waals surface area contributed by atoms with Crippen molar-refractivity contribution in [2.24, 2.45) is 0 Å². The molecule has 0 saturated heterocycles. The van der Waals surface area contributed by atoms with Crippen molar-refractivity contribution in [3.05, 3.63) is 11.9 Å². The maximum Gasteiger partial charge on any atom is 0.137 e. The van der Waals surface area contributed by atoms with Gasteiger partial charge in [0.05, 0.1) is 0 Å². The Morgan fingerprint density at radius 3 is 2.44 bits per heavy atom. The van der Waals surface area contributed by atoms with Gasteiger partial charge in [-0.15, -0.1) is 0 Å². The van der Waals surface area contributed by atoms with Crippen molar-refractivity contribution >= 4 is 11.6 Å². The fourth-order valence-corrected chi connectivity index (χ4v) is 2.22. The van der Waals surface area contributed by atoms with Crippen LogP contribution in [0.2, 0.25) is 0 Å². The summed E-state index contributed by atoms with van der Waals surface area (Å²) in [4.78, 5) is 11.1. The number of rotatable bonds is 6. The van der Waals surface area contributed by atoms with Crippen LogP contribution in [0.15, 0.2) is 6.33 Å². The van der Waals surface area contributed by atoms with Crippen molar-refractivity contribution in [1.29, 1.82) is 0 Å². The molecule has 0 aromatic carbocycles. The molecule has 0 fully saturated rings. The molecule has 18 heavy (non-hydrogen) atoms. The molecular formula is C14H26N4. The smallest absolute Gasteiger partial charge is 0.137 e. The number of hydrogen-bond donors (Lipinski definition) is 1. The normalized spacial score (nSPS) is 12.6. The molecule has 1 unspecified atom stereocenters. The molecular weight excluding hydrogens is 224 g/mol. The molecule has 0 radical (unpaired) electrons. The molecule has 1 rings (SSSR count). The van der Waals surface area contributed by atoms with Crippen LogP contribution in [0.3, 0.4) is 0 Å². The number of hydrogen-bond acceptors (Lipinski definition) is 4. The number of nitrogens with zero attached hydrogens (tertiary/aromatic N) is 3. The van der Waals surface area contributed by atoms with Gasteiger partial charge in [-0.25, -0.2) is 9.97 Å². The van der Waals surface area contributed by atoms with Gasteiger partial charge < -0.3 is 10.2 Å². The van der Waals surface area contributed by atoms with E-state index < -0.39 is 0 Å². The van der Waals surface area contributed by atoms with Gasteiger partial charge in [-0.2, -0.15) is 0 Å². The van der Waals surface area contributed by atoms with Crippen LogP contribution in [0.4, 0.5) is 11.6 Å². The molecule has 0 aliphatic rings. The molecule has 1 N–H and O–H groups in total. The summed E-state index contributed by atoms with van der Waals surface area (Å²) < 4.78 is 0. The van der Waals surface area contributed by atoms with Gasteiger partial charge in [0, 0.05) is 25.7 Å². The van der Waals surface area contributed by atoms with Crippen LogP contribution in [-0.2, 0) is 0 Å². The first-order valence-electron chi connectivity index (χ1n) is 6.78. The second-order valence-electron chi connectivity index (χ2n) is 5.11. The van der Waals surface area contributed by atoms with E-state index in [1.807, 2.05) is 7.05 Å². The Bertz CT molecular complexity index is 376. The third kappa shape index (κ3) is 3.12. The van der Waals surface area contributed by atoms with Crippen LogP contribution < -0.4 is 10.2 Å². The Morgan fingerprint density at radius 2 is 1.94 bits per heavy atom. The highest BCUT2D eigenvalue weighted by Gasteiger charge is 2.19. The summed E-state index contributed by atoms with van der Waals surface area (Å²) in [6, 6.07) is 0.493. The topological polar surface area (TPSA) is 41.1 Å². The summed E-state index contributed by atoms with van der Waals surface area (Å²) in [6.45, 7) is 8.82. The van der Waals surface area contributed by atoms with Gasteiger partial charge in [0.15, 0.2) is 0 Å². The van der Waals surface area contributed by atoms with E-state index in [9.17, 15) is 0 Å². The lowest BCUT2D eigenvalue weighted by molar-refractivity contribution is 0.606. The monoisotopic (exact) mass is 250 g/mol. The second-order valence-corrected chi connectivity index (χ2v) is 5.11. The fraction of sp³-hybridized carbons (Fsp3) is 0.714. The molecule has 0 saturated carbocycles. The molecule has 1 atom stereocenters. The van der Waals surface area contributed by atoms with Gasteiger partial charge >= 0.3 is 0 Å². The van der Waals surface area contributed by atoms with Crippen LogP contribution in [0, 0.1) is 0 Å². The minimum absolute atomic E-state index is 0.403. The van der Waals surface area contributed by atoms with Crippen LogP contribution in [0.1, 0.15) is 52.0 Å². The first kappa shape index (κ1) is 14.7. The third-order valence-corrected chi connectivity index (χ3v) is 3.38. The Morgan fingerprint density at radius 1 is 1.28 bits per heavy atom. The maximum atomic E-state index is 4.49. The third-order valence-electron chi connectivity index (χ3n) is 3.38. The van der Waals surface area contributed by atoms with Crippen molar-refractivity contribution < 1.29 is 0 Å². The summed E-state index contributed by atoms with van der Waals surface area (Å²) in [7, 11) is 4.03. The predicted molar refractivity (Wildman–Crippen MR) is 78.4 cm³/mol. The zero-order chi connectivity index (χ0) is 13.7. The van der Waals surface area contributed by atoms with E-state index in [1.54, 1.807) is 6.33 Å². The van der Waals surface area contributed by atoms with Gasteiger partial charge in [0.25, 0.3) is 0 Å². The van der Waals surface area contributed by atoms with Crippen molar-refractivity contribution in [3.8, 4) is 0 Å². The SMILES string of the molecule is CCCC(C)N(C)c1ncnc(NC)c1C(C)C. The predicted octanol–water partition coefficient (Wildman–Crippen LogP) is 3.27. The van der Waals surface area contributed by atoms with E-state index in [1.165, 1.54) is 18.4 Å². The molecule has 0 aliphatic heterocycles. The molecule has 0 spiro atoms. The molecule has 0 amide bonds. The van der Waals surface area contributed by atoms with E-state index in [0.717, 1.165) is 11.6 Å². The van der Waals surface area contributed by atoms with Crippen molar-refractivity contribution in [2.75, 3.05) is 24.3 Å². The molecule has 4 heteroatoms. The average Bonchev–Trinajstić information content (AvgIpc) is 2.36. The van der Waals surface area contributed by atoms with E-state index >= 15 is 0 Å². The number of nitrogens with one attached hydrogen (secondary N) is 1. The minimum atomic E-state index is 0.403. The lowest BCUT2D eigenvalue weighted by Crippen LogP contribution is -2.30. The first-order chi connectivity index (χ1) is 8.52.